The number of hydrogen-bond acceptors (Lipinski definition) is 5. The van der Waals surface area contributed by atoms with Crippen molar-refractivity contribution in [3.8, 4) is 0 Å². The van der Waals surface area contributed by atoms with Crippen LogP contribution in [-0.2, 0) is 9.53 Å². The molecule has 0 aliphatic carbocycles. The number of ether oxygens (including phenoxy) is 1. The standard InChI is InChI=1S/C24H38N4O2/c1-19-18-28(16-17-30-19)23-10-14-26(15-11-23)20(2)24(29)25-21-6-8-22(9-7-21)27-12-4-3-5-13-27/h6-9,19-20,23H,3-5,10-18H2,1-2H3,(H,25,29). The van der Waals surface area contributed by atoms with E-state index in [-0.39, 0.29) is 11.9 Å². The maximum absolute atomic E-state index is 12.8. The number of carbonyl (C=O) groups excluding carboxylic acids is 1. The summed E-state index contributed by atoms with van der Waals surface area (Å²) in [5.74, 6) is 0.0965. The van der Waals surface area contributed by atoms with Crippen LogP contribution in [0.15, 0.2) is 24.3 Å². The number of hydrogen-bond donors (Lipinski definition) is 1. The van der Waals surface area contributed by atoms with Crippen LogP contribution >= 0.6 is 0 Å². The van der Waals surface area contributed by atoms with Gasteiger partial charge in [-0.25, -0.2) is 0 Å². The number of nitrogens with zero attached hydrogens (tertiary/aromatic N) is 3. The maximum atomic E-state index is 12.8. The number of carbonyl (C=O) groups is 1. The Bertz CT molecular complexity index is 681. The lowest BCUT2D eigenvalue weighted by Crippen LogP contribution is -2.53. The second-order valence-corrected chi connectivity index (χ2v) is 9.20. The molecule has 3 saturated heterocycles. The van der Waals surface area contributed by atoms with E-state index in [0.717, 1.165) is 64.4 Å². The van der Waals surface area contributed by atoms with E-state index in [1.54, 1.807) is 0 Å². The molecule has 3 aliphatic heterocycles. The number of rotatable bonds is 5. The molecule has 166 valence electrons. The Morgan fingerprint density at radius 3 is 2.40 bits per heavy atom. The van der Waals surface area contributed by atoms with Gasteiger partial charge in [-0.1, -0.05) is 0 Å². The molecular formula is C24H38N4O2. The Morgan fingerprint density at radius 2 is 1.73 bits per heavy atom. The number of piperidine rings is 2. The number of nitrogens with one attached hydrogen (secondary N) is 1. The van der Waals surface area contributed by atoms with Crippen molar-refractivity contribution in [2.45, 2.75) is 64.1 Å². The highest BCUT2D eigenvalue weighted by Gasteiger charge is 2.31. The Labute approximate surface area is 181 Å². The molecule has 4 rings (SSSR count). The zero-order valence-electron chi connectivity index (χ0n) is 18.7. The summed E-state index contributed by atoms with van der Waals surface area (Å²) < 4.78 is 5.68. The molecular weight excluding hydrogens is 376 g/mol. The predicted octanol–water partition coefficient (Wildman–Crippen LogP) is 3.19. The van der Waals surface area contributed by atoms with E-state index < -0.39 is 0 Å². The summed E-state index contributed by atoms with van der Waals surface area (Å²) in [7, 11) is 0. The predicted molar refractivity (Wildman–Crippen MR) is 122 cm³/mol. The average Bonchev–Trinajstić information content (AvgIpc) is 2.80. The molecule has 30 heavy (non-hydrogen) atoms. The fourth-order valence-electron chi connectivity index (χ4n) is 5.14. The van der Waals surface area contributed by atoms with Gasteiger partial charge in [-0.05, 0) is 70.2 Å². The van der Waals surface area contributed by atoms with Crippen molar-refractivity contribution < 1.29 is 9.53 Å². The van der Waals surface area contributed by atoms with Crippen molar-refractivity contribution in [1.29, 1.82) is 0 Å². The van der Waals surface area contributed by atoms with Crippen LogP contribution in [0.1, 0.15) is 46.0 Å². The number of benzene rings is 1. The van der Waals surface area contributed by atoms with E-state index in [2.05, 4.69) is 39.1 Å². The van der Waals surface area contributed by atoms with Crippen LogP contribution in [0.2, 0.25) is 0 Å². The fraction of sp³-hybridized carbons (Fsp3) is 0.708. The first-order valence-electron chi connectivity index (χ1n) is 11.9. The molecule has 1 aromatic carbocycles. The molecule has 1 amide bonds. The Balaban J connectivity index is 1.25. The lowest BCUT2D eigenvalue weighted by Gasteiger charge is -2.42. The van der Waals surface area contributed by atoms with Gasteiger partial charge in [0.2, 0.25) is 5.91 Å². The highest BCUT2D eigenvalue weighted by Crippen LogP contribution is 2.23. The van der Waals surface area contributed by atoms with Crippen LogP contribution in [0.25, 0.3) is 0 Å². The van der Waals surface area contributed by atoms with E-state index in [4.69, 9.17) is 4.74 Å². The Morgan fingerprint density at radius 1 is 1.03 bits per heavy atom. The number of amides is 1. The summed E-state index contributed by atoms with van der Waals surface area (Å²) in [4.78, 5) is 20.2. The molecule has 6 nitrogen and oxygen atoms in total. The molecule has 0 bridgehead atoms. The van der Waals surface area contributed by atoms with Gasteiger partial charge in [-0.3, -0.25) is 14.6 Å². The molecule has 6 heteroatoms. The summed E-state index contributed by atoms with van der Waals surface area (Å²) in [5, 5.41) is 3.12. The third kappa shape index (κ3) is 5.34. The normalized spacial score (nSPS) is 25.8. The fourth-order valence-corrected chi connectivity index (χ4v) is 5.14. The van der Waals surface area contributed by atoms with E-state index in [1.807, 2.05) is 19.1 Å². The molecule has 3 fully saturated rings. The molecule has 1 aromatic rings. The van der Waals surface area contributed by atoms with Gasteiger partial charge in [0.1, 0.15) is 0 Å². The highest BCUT2D eigenvalue weighted by molar-refractivity contribution is 5.94. The third-order valence-electron chi connectivity index (χ3n) is 7.07. The summed E-state index contributed by atoms with van der Waals surface area (Å²) in [6.45, 7) is 11.4. The first kappa shape index (κ1) is 21.6. The van der Waals surface area contributed by atoms with Gasteiger partial charge in [0.05, 0.1) is 18.8 Å². The summed E-state index contributed by atoms with van der Waals surface area (Å²) in [6, 6.07) is 8.89. The van der Waals surface area contributed by atoms with Crippen molar-refractivity contribution in [2.75, 3.05) is 56.1 Å². The number of anilines is 2. The largest absolute Gasteiger partial charge is 0.376 e. The first-order valence-corrected chi connectivity index (χ1v) is 11.9. The first-order chi connectivity index (χ1) is 14.6. The van der Waals surface area contributed by atoms with Crippen LogP contribution < -0.4 is 10.2 Å². The summed E-state index contributed by atoms with van der Waals surface area (Å²) >= 11 is 0. The smallest absolute Gasteiger partial charge is 0.241 e. The lowest BCUT2D eigenvalue weighted by atomic mass is 10.0. The van der Waals surface area contributed by atoms with E-state index in [9.17, 15) is 4.79 Å². The quantitative estimate of drug-likeness (QED) is 0.802. The molecule has 0 aromatic heterocycles. The molecule has 0 radical (unpaired) electrons. The zero-order valence-corrected chi connectivity index (χ0v) is 18.7. The minimum Gasteiger partial charge on any atom is -0.376 e. The molecule has 3 aliphatic rings. The van der Waals surface area contributed by atoms with Crippen molar-refractivity contribution in [3.63, 3.8) is 0 Å². The lowest BCUT2D eigenvalue weighted by molar-refractivity contribution is -0.121. The minimum absolute atomic E-state index is 0.0965. The van der Waals surface area contributed by atoms with Crippen molar-refractivity contribution in [1.82, 2.24) is 9.80 Å². The zero-order chi connectivity index (χ0) is 20.9. The van der Waals surface area contributed by atoms with Crippen LogP contribution in [0, 0.1) is 0 Å². The van der Waals surface area contributed by atoms with E-state index in [0.29, 0.717) is 12.1 Å². The molecule has 2 atom stereocenters. The van der Waals surface area contributed by atoms with Gasteiger partial charge in [0.15, 0.2) is 0 Å². The SMILES string of the molecule is CC1CN(C2CCN(C(C)C(=O)Nc3ccc(N4CCCCC4)cc3)CC2)CCO1. The second kappa shape index (κ2) is 10.1. The highest BCUT2D eigenvalue weighted by atomic mass is 16.5. The molecule has 2 unspecified atom stereocenters. The Hall–Kier alpha value is -1.63. The topological polar surface area (TPSA) is 48.0 Å². The molecule has 0 spiro atoms. The van der Waals surface area contributed by atoms with Crippen LogP contribution in [0.4, 0.5) is 11.4 Å². The van der Waals surface area contributed by atoms with E-state index >= 15 is 0 Å². The minimum atomic E-state index is -0.101. The molecule has 0 saturated carbocycles. The monoisotopic (exact) mass is 414 g/mol. The van der Waals surface area contributed by atoms with Gasteiger partial charge in [-0.2, -0.15) is 0 Å². The van der Waals surface area contributed by atoms with Gasteiger partial charge < -0.3 is 15.0 Å². The van der Waals surface area contributed by atoms with Crippen LogP contribution in [-0.4, -0.2) is 79.8 Å². The summed E-state index contributed by atoms with van der Waals surface area (Å²) in [6.07, 6.45) is 6.49. The van der Waals surface area contributed by atoms with Gasteiger partial charge in [-0.15, -0.1) is 0 Å². The summed E-state index contributed by atoms with van der Waals surface area (Å²) in [5.41, 5.74) is 2.16. The van der Waals surface area contributed by atoms with Crippen molar-refractivity contribution in [3.05, 3.63) is 24.3 Å². The van der Waals surface area contributed by atoms with Crippen molar-refractivity contribution >= 4 is 17.3 Å². The molecule has 3 heterocycles. The second-order valence-electron chi connectivity index (χ2n) is 9.20. The average molecular weight is 415 g/mol. The van der Waals surface area contributed by atoms with E-state index in [1.165, 1.54) is 24.9 Å². The van der Waals surface area contributed by atoms with Crippen LogP contribution in [0.3, 0.4) is 0 Å². The van der Waals surface area contributed by atoms with Crippen molar-refractivity contribution in [2.24, 2.45) is 0 Å². The third-order valence-corrected chi connectivity index (χ3v) is 7.07. The molecule has 1 N–H and O–H groups in total. The number of morpholine rings is 1. The van der Waals surface area contributed by atoms with Gasteiger partial charge in [0, 0.05) is 56.7 Å². The van der Waals surface area contributed by atoms with Gasteiger partial charge >= 0.3 is 0 Å². The number of likely N-dealkylation sites (tertiary alicyclic amines) is 1. The Kier molecular flexibility index (Phi) is 7.28. The maximum Gasteiger partial charge on any atom is 0.241 e. The van der Waals surface area contributed by atoms with Crippen LogP contribution in [0.5, 0.6) is 0 Å². The van der Waals surface area contributed by atoms with Gasteiger partial charge in [0.25, 0.3) is 0 Å².